The van der Waals surface area contributed by atoms with E-state index >= 15 is 0 Å². The van der Waals surface area contributed by atoms with Crippen LogP contribution in [0.1, 0.15) is 23.3 Å². The molecular weight excluding hydrogens is 453 g/mol. The van der Waals surface area contributed by atoms with E-state index in [9.17, 15) is 14.0 Å². The van der Waals surface area contributed by atoms with Gasteiger partial charge in [0, 0.05) is 31.3 Å². The van der Waals surface area contributed by atoms with E-state index in [-0.39, 0.29) is 39.9 Å². The number of benzene rings is 1. The van der Waals surface area contributed by atoms with E-state index in [1.807, 2.05) is 0 Å². The minimum atomic E-state index is -0.657. The minimum absolute atomic E-state index is 0.0262. The molecule has 4 aromatic rings. The highest BCUT2D eigenvalue weighted by Gasteiger charge is 2.30. The topological polar surface area (TPSA) is 115 Å². The van der Waals surface area contributed by atoms with E-state index in [1.165, 1.54) is 27.5 Å². The summed E-state index contributed by atoms with van der Waals surface area (Å²) in [5.41, 5.74) is 0.391. The van der Waals surface area contributed by atoms with Gasteiger partial charge in [-0.3, -0.25) is 14.3 Å². The van der Waals surface area contributed by atoms with E-state index in [1.54, 1.807) is 25.4 Å². The van der Waals surface area contributed by atoms with Gasteiger partial charge in [0.25, 0.3) is 5.91 Å². The van der Waals surface area contributed by atoms with E-state index in [4.69, 9.17) is 16.3 Å². The van der Waals surface area contributed by atoms with Crippen molar-refractivity contribution < 1.29 is 18.7 Å². The van der Waals surface area contributed by atoms with Gasteiger partial charge >= 0.3 is 0 Å². The average molecular weight is 470 g/mol. The van der Waals surface area contributed by atoms with Gasteiger partial charge in [-0.15, -0.1) is 5.10 Å². The molecule has 1 aliphatic carbocycles. The molecule has 1 fully saturated rings. The molecule has 0 unspecified atom stereocenters. The van der Waals surface area contributed by atoms with Crippen molar-refractivity contribution in [1.29, 1.82) is 0 Å². The summed E-state index contributed by atoms with van der Waals surface area (Å²) < 4.78 is 22.8. The number of carbonyl (C=O) groups is 2. The number of nitrogens with one attached hydrogen (secondary N) is 2. The Morgan fingerprint density at radius 2 is 1.97 bits per heavy atom. The number of carbonyl (C=O) groups excluding carboxylic acids is 2. The zero-order valence-corrected chi connectivity index (χ0v) is 18.0. The molecule has 168 valence electrons. The largest absolute Gasteiger partial charge is 0.438 e. The van der Waals surface area contributed by atoms with Gasteiger partial charge in [0.1, 0.15) is 11.6 Å². The fourth-order valence-electron chi connectivity index (χ4n) is 3.13. The van der Waals surface area contributed by atoms with Crippen LogP contribution in [-0.4, -0.2) is 36.2 Å². The third kappa shape index (κ3) is 4.48. The lowest BCUT2D eigenvalue weighted by molar-refractivity contribution is -0.117. The van der Waals surface area contributed by atoms with Crippen LogP contribution in [0.2, 0.25) is 5.02 Å². The van der Waals surface area contributed by atoms with Crippen LogP contribution in [0.25, 0.3) is 5.65 Å². The summed E-state index contributed by atoms with van der Waals surface area (Å²) in [4.78, 5) is 28.6. The Morgan fingerprint density at radius 1 is 1.15 bits per heavy atom. The quantitative estimate of drug-likeness (QED) is 0.445. The van der Waals surface area contributed by atoms with Gasteiger partial charge in [-0.2, -0.15) is 5.10 Å². The predicted molar refractivity (Wildman–Crippen MR) is 117 cm³/mol. The Morgan fingerprint density at radius 3 is 2.70 bits per heavy atom. The van der Waals surface area contributed by atoms with Gasteiger partial charge in [0.2, 0.25) is 11.8 Å². The van der Waals surface area contributed by atoms with Crippen LogP contribution >= 0.6 is 11.6 Å². The van der Waals surface area contributed by atoms with Gasteiger partial charge in [-0.05, 0) is 31.0 Å². The number of nitrogens with zero attached hydrogens (tertiary/aromatic N) is 5. The first-order valence-electron chi connectivity index (χ1n) is 10.0. The summed E-state index contributed by atoms with van der Waals surface area (Å²) in [6.07, 6.45) is 4.83. The number of halogens is 2. The summed E-state index contributed by atoms with van der Waals surface area (Å²) in [6.45, 7) is 0. The standard InChI is InChI=1S/C21H17ClFN7O3/c1-29-9-13(22)19(28-29)21(32)24-15-8-12(4-5-14(15)23)33-18-7-6-17-25-16(10-30(17)27-18)26-20(31)11-2-3-11/h4-11H,2-3H2,1H3,(H,24,32)(H,26,31). The van der Waals surface area contributed by atoms with E-state index < -0.39 is 11.7 Å². The first-order valence-corrected chi connectivity index (χ1v) is 10.4. The second-order valence-electron chi connectivity index (χ2n) is 7.56. The maximum absolute atomic E-state index is 14.3. The SMILES string of the molecule is Cn1cc(Cl)c(C(=O)Nc2cc(Oc3ccc4nc(NC(=O)C5CC5)cn4n3)ccc2F)n1. The van der Waals surface area contributed by atoms with Gasteiger partial charge < -0.3 is 15.4 Å². The highest BCUT2D eigenvalue weighted by Crippen LogP contribution is 2.30. The summed E-state index contributed by atoms with van der Waals surface area (Å²) >= 11 is 5.98. The number of aryl methyl sites for hydroxylation is 1. The molecule has 2 N–H and O–H groups in total. The molecule has 0 saturated heterocycles. The number of rotatable bonds is 6. The molecule has 0 bridgehead atoms. The Labute approximate surface area is 191 Å². The van der Waals surface area contributed by atoms with Crippen LogP contribution in [0.4, 0.5) is 15.9 Å². The third-order valence-corrected chi connectivity index (χ3v) is 5.18. The Hall–Kier alpha value is -3.99. The molecule has 10 nitrogen and oxygen atoms in total. The minimum Gasteiger partial charge on any atom is -0.438 e. The normalized spacial score (nSPS) is 13.2. The van der Waals surface area contributed by atoms with Gasteiger partial charge in [-0.25, -0.2) is 13.9 Å². The van der Waals surface area contributed by atoms with Crippen molar-refractivity contribution in [2.24, 2.45) is 13.0 Å². The van der Waals surface area contributed by atoms with E-state index in [2.05, 4.69) is 25.8 Å². The molecule has 1 aliphatic rings. The number of aromatic nitrogens is 5. The van der Waals surface area contributed by atoms with Crippen LogP contribution in [-0.2, 0) is 11.8 Å². The molecule has 0 spiro atoms. The van der Waals surface area contributed by atoms with E-state index in [0.717, 1.165) is 18.9 Å². The molecule has 0 radical (unpaired) electrons. The highest BCUT2D eigenvalue weighted by molar-refractivity contribution is 6.34. The van der Waals surface area contributed by atoms with Crippen LogP contribution < -0.4 is 15.4 Å². The van der Waals surface area contributed by atoms with Crippen LogP contribution in [0.3, 0.4) is 0 Å². The second kappa shape index (κ2) is 8.17. The van der Waals surface area contributed by atoms with Crippen molar-refractivity contribution in [1.82, 2.24) is 24.4 Å². The molecule has 3 heterocycles. The lowest BCUT2D eigenvalue weighted by Crippen LogP contribution is -2.14. The van der Waals surface area contributed by atoms with Gasteiger partial charge in [-0.1, -0.05) is 11.6 Å². The third-order valence-electron chi connectivity index (χ3n) is 4.90. The van der Waals surface area contributed by atoms with Gasteiger partial charge in [0.05, 0.1) is 16.9 Å². The van der Waals surface area contributed by atoms with Crippen LogP contribution in [0.5, 0.6) is 11.6 Å². The lowest BCUT2D eigenvalue weighted by Gasteiger charge is -2.09. The van der Waals surface area contributed by atoms with Crippen LogP contribution in [0, 0.1) is 11.7 Å². The molecule has 0 aliphatic heterocycles. The smallest absolute Gasteiger partial charge is 0.277 e. The van der Waals surface area contributed by atoms with Crippen molar-refractivity contribution in [3.63, 3.8) is 0 Å². The summed E-state index contributed by atoms with van der Waals surface area (Å²) in [5.74, 6) is -0.459. The molecule has 1 saturated carbocycles. The number of imidazole rings is 1. The Kier molecular flexibility index (Phi) is 5.17. The number of fused-ring (bicyclic) bond motifs is 1. The fraction of sp³-hybridized carbons (Fsp3) is 0.190. The number of anilines is 2. The second-order valence-corrected chi connectivity index (χ2v) is 7.97. The number of amides is 2. The van der Waals surface area contributed by atoms with Crippen molar-refractivity contribution in [3.05, 3.63) is 59.3 Å². The number of hydrogen-bond donors (Lipinski definition) is 2. The molecule has 2 amide bonds. The molecule has 1 aromatic carbocycles. The maximum atomic E-state index is 14.3. The first-order chi connectivity index (χ1) is 15.9. The molecular formula is C21H17ClFN7O3. The summed E-state index contributed by atoms with van der Waals surface area (Å²) in [6, 6.07) is 7.14. The Balaban J connectivity index is 1.32. The zero-order chi connectivity index (χ0) is 23.1. The summed E-state index contributed by atoms with van der Waals surface area (Å²) in [7, 11) is 1.62. The van der Waals surface area contributed by atoms with Crippen LogP contribution in [0.15, 0.2) is 42.7 Å². The lowest BCUT2D eigenvalue weighted by atomic mass is 10.2. The predicted octanol–water partition coefficient (Wildman–Crippen LogP) is 3.65. The number of ether oxygens (including phenoxy) is 1. The average Bonchev–Trinajstić information content (AvgIpc) is 3.46. The van der Waals surface area contributed by atoms with Crippen molar-refractivity contribution in [2.45, 2.75) is 12.8 Å². The fourth-order valence-corrected chi connectivity index (χ4v) is 3.40. The molecule has 33 heavy (non-hydrogen) atoms. The van der Waals surface area contributed by atoms with Gasteiger partial charge in [0.15, 0.2) is 17.2 Å². The monoisotopic (exact) mass is 469 g/mol. The van der Waals surface area contributed by atoms with Crippen molar-refractivity contribution in [3.8, 4) is 11.6 Å². The Bertz CT molecular complexity index is 1400. The zero-order valence-electron chi connectivity index (χ0n) is 17.2. The van der Waals surface area contributed by atoms with Crippen molar-refractivity contribution >= 4 is 40.6 Å². The first kappa shape index (κ1) is 20.9. The summed E-state index contributed by atoms with van der Waals surface area (Å²) in [5, 5.41) is 13.6. The number of hydrogen-bond acceptors (Lipinski definition) is 6. The molecule has 0 atom stereocenters. The highest BCUT2D eigenvalue weighted by atomic mass is 35.5. The molecule has 3 aromatic heterocycles. The van der Waals surface area contributed by atoms with Crippen molar-refractivity contribution in [2.75, 3.05) is 10.6 Å². The maximum Gasteiger partial charge on any atom is 0.277 e. The van der Waals surface area contributed by atoms with E-state index in [0.29, 0.717) is 11.5 Å². The molecule has 5 rings (SSSR count). The molecule has 12 heteroatoms.